The summed E-state index contributed by atoms with van der Waals surface area (Å²) in [6.45, 7) is 0. The Morgan fingerprint density at radius 3 is 2.68 bits per heavy atom. The number of halogens is 4. The first kappa shape index (κ1) is 19.1. The van der Waals surface area contributed by atoms with Crippen molar-refractivity contribution in [2.75, 3.05) is 0 Å². The molecule has 2 rings (SSSR count). The first-order chi connectivity index (χ1) is 11.6. The zero-order valence-corrected chi connectivity index (χ0v) is 13.3. The van der Waals surface area contributed by atoms with E-state index in [0.717, 1.165) is 17.8 Å². The lowest BCUT2D eigenvalue weighted by molar-refractivity contribution is -0.192. The van der Waals surface area contributed by atoms with Gasteiger partial charge < -0.3 is 10.4 Å². The highest BCUT2D eigenvalue weighted by molar-refractivity contribution is 7.99. The average molecular weight is 376 g/mol. The van der Waals surface area contributed by atoms with Gasteiger partial charge in [0.05, 0.1) is 28.8 Å². The molecule has 1 heterocycles. The largest absolute Gasteiger partial charge is 0.478 e. The average Bonchev–Trinajstić information content (AvgIpc) is 2.52. The van der Waals surface area contributed by atoms with Gasteiger partial charge in [-0.25, -0.2) is 9.18 Å². The number of benzene rings is 1. The molecule has 1 aliphatic heterocycles. The van der Waals surface area contributed by atoms with Crippen LogP contribution in [0.4, 0.5) is 17.6 Å². The second-order valence-corrected chi connectivity index (χ2v) is 6.52. The van der Waals surface area contributed by atoms with Crippen LogP contribution in [0.25, 0.3) is 0 Å². The van der Waals surface area contributed by atoms with E-state index < -0.39 is 53.1 Å². The van der Waals surface area contributed by atoms with Gasteiger partial charge in [-0.05, 0) is 11.6 Å². The Balaban J connectivity index is 2.19. The second kappa shape index (κ2) is 7.31. The fourth-order valence-electron chi connectivity index (χ4n) is 2.50. The summed E-state index contributed by atoms with van der Waals surface area (Å²) in [4.78, 5) is 22.4. The molecule has 0 aromatic heterocycles. The van der Waals surface area contributed by atoms with Crippen LogP contribution in [-0.4, -0.2) is 28.5 Å². The molecule has 1 aliphatic rings. The predicted molar refractivity (Wildman–Crippen MR) is 79.9 cm³/mol. The van der Waals surface area contributed by atoms with Crippen molar-refractivity contribution >= 4 is 23.6 Å². The van der Waals surface area contributed by atoms with Crippen LogP contribution in [-0.2, 0) is 10.5 Å². The summed E-state index contributed by atoms with van der Waals surface area (Å²) < 4.78 is 53.2. The minimum absolute atomic E-state index is 0.0371. The highest BCUT2D eigenvalue weighted by Gasteiger charge is 2.51. The van der Waals surface area contributed by atoms with Gasteiger partial charge in [0.15, 0.2) is 0 Å². The molecular formula is C15H12F4N2O3S. The molecule has 1 aromatic carbocycles. The van der Waals surface area contributed by atoms with E-state index >= 15 is 0 Å². The number of hydrogen-bond acceptors (Lipinski definition) is 4. The number of nitrogens with zero attached hydrogens (tertiary/aromatic N) is 1. The van der Waals surface area contributed by atoms with E-state index in [1.165, 1.54) is 12.1 Å². The number of piperidine rings is 1. The zero-order valence-electron chi connectivity index (χ0n) is 12.5. The highest BCUT2D eigenvalue weighted by atomic mass is 32.2. The van der Waals surface area contributed by atoms with Crippen molar-refractivity contribution in [3.05, 3.63) is 35.1 Å². The van der Waals surface area contributed by atoms with E-state index in [1.54, 1.807) is 6.07 Å². The van der Waals surface area contributed by atoms with Gasteiger partial charge in [-0.1, -0.05) is 12.1 Å². The first-order valence-electron chi connectivity index (χ1n) is 7.03. The number of rotatable bonds is 4. The Labute approximate surface area is 144 Å². The number of alkyl halides is 3. The molecule has 0 saturated carbocycles. The van der Waals surface area contributed by atoms with Gasteiger partial charge in [-0.3, -0.25) is 4.79 Å². The molecule has 2 N–H and O–H groups in total. The summed E-state index contributed by atoms with van der Waals surface area (Å²) >= 11 is 0.754. The van der Waals surface area contributed by atoms with Gasteiger partial charge in [0.2, 0.25) is 5.91 Å². The zero-order chi connectivity index (χ0) is 18.8. The minimum Gasteiger partial charge on any atom is -0.478 e. The maximum absolute atomic E-state index is 14.1. The Hall–Kier alpha value is -2.28. The molecule has 0 bridgehead atoms. The fourth-order valence-corrected chi connectivity index (χ4v) is 3.76. The number of carboxylic acids is 1. The number of aromatic carboxylic acids is 1. The quantitative estimate of drug-likeness (QED) is 0.789. The molecule has 1 aromatic rings. The molecule has 3 atom stereocenters. The number of carbonyl (C=O) groups is 2. The molecule has 134 valence electrons. The van der Waals surface area contributed by atoms with E-state index in [0.29, 0.717) is 0 Å². The predicted octanol–water partition coefficient (Wildman–Crippen LogP) is 2.92. The molecule has 0 spiro atoms. The SMILES string of the molecule is N#CC1C(SCc2cccc(C(=O)O)c2F)NC(=O)CC1C(F)(F)F. The number of amides is 1. The highest BCUT2D eigenvalue weighted by Crippen LogP contribution is 2.41. The maximum Gasteiger partial charge on any atom is 0.393 e. The molecule has 1 amide bonds. The van der Waals surface area contributed by atoms with E-state index in [1.807, 2.05) is 0 Å². The summed E-state index contributed by atoms with van der Waals surface area (Å²) in [5.41, 5.74) is -0.597. The molecular weight excluding hydrogens is 364 g/mol. The van der Waals surface area contributed by atoms with Gasteiger partial charge in [0.1, 0.15) is 5.82 Å². The lowest BCUT2D eigenvalue weighted by Gasteiger charge is -2.35. The monoisotopic (exact) mass is 376 g/mol. The van der Waals surface area contributed by atoms with Crippen LogP contribution in [0.2, 0.25) is 0 Å². The third-order valence-corrected chi connectivity index (χ3v) is 5.01. The van der Waals surface area contributed by atoms with Crippen molar-refractivity contribution < 1.29 is 32.3 Å². The molecule has 0 radical (unpaired) electrons. The molecule has 3 unspecified atom stereocenters. The van der Waals surface area contributed by atoms with Crippen LogP contribution in [0.3, 0.4) is 0 Å². The van der Waals surface area contributed by atoms with Crippen molar-refractivity contribution in [1.82, 2.24) is 5.32 Å². The number of thioether (sulfide) groups is 1. The molecule has 1 saturated heterocycles. The van der Waals surface area contributed by atoms with E-state index in [9.17, 15) is 27.2 Å². The molecule has 0 aliphatic carbocycles. The summed E-state index contributed by atoms with van der Waals surface area (Å²) in [5.74, 6) is -7.12. The third-order valence-electron chi connectivity index (χ3n) is 3.77. The lowest BCUT2D eigenvalue weighted by atomic mass is 9.86. The van der Waals surface area contributed by atoms with Crippen LogP contribution in [0, 0.1) is 29.0 Å². The van der Waals surface area contributed by atoms with Crippen LogP contribution in [0.1, 0.15) is 22.3 Å². The second-order valence-electron chi connectivity index (χ2n) is 5.39. The third kappa shape index (κ3) is 4.22. The van der Waals surface area contributed by atoms with E-state index in [4.69, 9.17) is 10.4 Å². The van der Waals surface area contributed by atoms with Crippen LogP contribution in [0.15, 0.2) is 18.2 Å². The number of carboxylic acid groups (broad SMARTS) is 1. The Morgan fingerprint density at radius 2 is 2.12 bits per heavy atom. The van der Waals surface area contributed by atoms with Gasteiger partial charge in [0, 0.05) is 12.2 Å². The summed E-state index contributed by atoms with van der Waals surface area (Å²) in [5, 5.41) is 19.1. The van der Waals surface area contributed by atoms with Gasteiger partial charge in [-0.15, -0.1) is 11.8 Å². The molecule has 1 fully saturated rings. The van der Waals surface area contributed by atoms with Gasteiger partial charge in [-0.2, -0.15) is 18.4 Å². The number of nitrogens with one attached hydrogen (secondary N) is 1. The molecule has 25 heavy (non-hydrogen) atoms. The Kier molecular flexibility index (Phi) is 5.57. The summed E-state index contributed by atoms with van der Waals surface area (Å²) in [7, 11) is 0. The Bertz CT molecular complexity index is 732. The fraction of sp³-hybridized carbons (Fsp3) is 0.400. The van der Waals surface area contributed by atoms with Crippen LogP contribution in [0.5, 0.6) is 0 Å². The molecule has 5 nitrogen and oxygen atoms in total. The van der Waals surface area contributed by atoms with E-state index in [2.05, 4.69) is 5.32 Å². The summed E-state index contributed by atoms with van der Waals surface area (Å²) in [6.07, 6.45) is -5.53. The smallest absolute Gasteiger partial charge is 0.393 e. The van der Waals surface area contributed by atoms with Crippen molar-refractivity contribution in [2.45, 2.75) is 23.7 Å². The topological polar surface area (TPSA) is 90.2 Å². The van der Waals surface area contributed by atoms with Crippen molar-refractivity contribution in [3.63, 3.8) is 0 Å². The standard InChI is InChI=1S/C15H12F4N2O3S/c16-12-7(2-1-3-8(12)14(23)24)6-25-13-9(5-20)10(15(17,18)19)4-11(22)21-13/h1-3,9-10,13H,4,6H2,(H,21,22)(H,23,24). The van der Waals surface area contributed by atoms with Gasteiger partial charge >= 0.3 is 12.1 Å². The van der Waals surface area contributed by atoms with Crippen molar-refractivity contribution in [2.24, 2.45) is 11.8 Å². The normalized spacial score (nSPS) is 23.6. The van der Waals surface area contributed by atoms with Gasteiger partial charge in [0.25, 0.3) is 0 Å². The molecule has 10 heteroatoms. The van der Waals surface area contributed by atoms with Crippen molar-refractivity contribution in [1.29, 1.82) is 5.26 Å². The first-order valence-corrected chi connectivity index (χ1v) is 8.08. The van der Waals surface area contributed by atoms with Crippen molar-refractivity contribution in [3.8, 4) is 6.07 Å². The lowest BCUT2D eigenvalue weighted by Crippen LogP contribution is -2.51. The minimum atomic E-state index is -4.70. The van der Waals surface area contributed by atoms with E-state index in [-0.39, 0.29) is 11.3 Å². The number of nitriles is 1. The number of carbonyl (C=O) groups excluding carboxylic acids is 1. The summed E-state index contributed by atoms with van der Waals surface area (Å²) in [6, 6.07) is 5.23. The number of hydrogen-bond donors (Lipinski definition) is 2. The van der Waals surface area contributed by atoms with Crippen LogP contribution < -0.4 is 5.32 Å². The maximum atomic E-state index is 14.1. The Morgan fingerprint density at radius 1 is 1.44 bits per heavy atom. The van der Waals surface area contributed by atoms with Crippen LogP contribution >= 0.6 is 11.8 Å².